The molecule has 1 heterocycles. The molecule has 0 fully saturated rings. The second-order valence-electron chi connectivity index (χ2n) is 7.63. The highest BCUT2D eigenvalue weighted by atomic mass is 16.5. The van der Waals surface area contributed by atoms with Crippen molar-refractivity contribution in [2.45, 2.75) is 31.5 Å². The molecule has 8 nitrogen and oxygen atoms in total. The van der Waals surface area contributed by atoms with E-state index in [0.717, 1.165) is 0 Å². The lowest BCUT2D eigenvalue weighted by Crippen LogP contribution is -2.54. The van der Waals surface area contributed by atoms with Crippen molar-refractivity contribution < 1.29 is 24.5 Å². The maximum absolute atomic E-state index is 12.9. The number of carbonyl (C=O) groups is 2. The molecule has 4 N–H and O–H groups in total. The highest BCUT2D eigenvalue weighted by molar-refractivity contribution is 5.98. The van der Waals surface area contributed by atoms with Crippen LogP contribution in [0.25, 0.3) is 0 Å². The number of nitrogens with one attached hydrogen (secondary N) is 2. The number of aliphatic hydroxyl groups is 1. The quantitative estimate of drug-likeness (QED) is 0.419. The van der Waals surface area contributed by atoms with Gasteiger partial charge in [0.25, 0.3) is 5.91 Å². The number of benzene rings is 2. The molecule has 8 heteroatoms. The van der Waals surface area contributed by atoms with E-state index in [1.54, 1.807) is 31.2 Å². The summed E-state index contributed by atoms with van der Waals surface area (Å²) in [6.45, 7) is 3.20. The summed E-state index contributed by atoms with van der Waals surface area (Å²) in [4.78, 5) is 29.3. The minimum Gasteiger partial charge on any atom is -0.503 e. The Hall–Kier alpha value is -3.91. The van der Waals surface area contributed by atoms with Crippen LogP contribution in [0.5, 0.6) is 11.5 Å². The number of pyridine rings is 1. The fourth-order valence-electron chi connectivity index (χ4n) is 3.59. The molecule has 0 aliphatic carbocycles. The lowest BCUT2D eigenvalue weighted by atomic mass is 9.80. The minimum absolute atomic E-state index is 0.0941. The number of methoxy groups -OCH3 is 1. The number of ether oxygens (including phenoxy) is 1. The molecule has 172 valence electrons. The Morgan fingerprint density at radius 2 is 1.48 bits per heavy atom. The van der Waals surface area contributed by atoms with Gasteiger partial charge in [-0.3, -0.25) is 9.59 Å². The minimum atomic E-state index is -1.51. The third kappa shape index (κ3) is 4.96. The van der Waals surface area contributed by atoms with Gasteiger partial charge in [-0.15, -0.1) is 0 Å². The topological polar surface area (TPSA) is 121 Å². The van der Waals surface area contributed by atoms with Gasteiger partial charge >= 0.3 is 0 Å². The van der Waals surface area contributed by atoms with Gasteiger partial charge in [-0.05, 0) is 25.0 Å². The molecule has 0 aliphatic rings. The van der Waals surface area contributed by atoms with E-state index in [1.165, 1.54) is 26.3 Å². The molecule has 0 bridgehead atoms. The number of rotatable bonds is 8. The van der Waals surface area contributed by atoms with E-state index in [1.807, 2.05) is 36.4 Å². The summed E-state index contributed by atoms with van der Waals surface area (Å²) in [5, 5.41) is 27.2. The summed E-state index contributed by atoms with van der Waals surface area (Å²) in [6.07, 6.45) is 1.32. The molecule has 0 unspecified atom stereocenters. The smallest absolute Gasteiger partial charge is 0.274 e. The van der Waals surface area contributed by atoms with E-state index < -0.39 is 35.2 Å². The van der Waals surface area contributed by atoms with E-state index in [4.69, 9.17) is 4.74 Å². The molecule has 2 aromatic carbocycles. The molecular formula is C25H27N3O5. The van der Waals surface area contributed by atoms with Crippen LogP contribution in [0, 0.1) is 0 Å². The van der Waals surface area contributed by atoms with Crippen molar-refractivity contribution in [2.24, 2.45) is 0 Å². The van der Waals surface area contributed by atoms with Gasteiger partial charge in [0.05, 0.1) is 13.2 Å². The average Bonchev–Trinajstić information content (AvgIpc) is 2.84. The summed E-state index contributed by atoms with van der Waals surface area (Å²) < 4.78 is 4.99. The van der Waals surface area contributed by atoms with E-state index in [-0.39, 0.29) is 11.4 Å². The summed E-state index contributed by atoms with van der Waals surface area (Å²) in [6, 6.07) is 17.8. The van der Waals surface area contributed by atoms with Gasteiger partial charge in [0.2, 0.25) is 5.91 Å². The normalized spacial score (nSPS) is 13.0. The summed E-state index contributed by atoms with van der Waals surface area (Å²) >= 11 is 0. The first-order valence-corrected chi connectivity index (χ1v) is 10.5. The van der Waals surface area contributed by atoms with Gasteiger partial charge in [-0.2, -0.15) is 0 Å². The number of aromatic nitrogens is 1. The molecule has 1 aromatic heterocycles. The van der Waals surface area contributed by atoms with Crippen molar-refractivity contribution in [3.05, 3.63) is 89.7 Å². The number of hydrogen-bond donors (Lipinski definition) is 4. The van der Waals surface area contributed by atoms with Crippen LogP contribution in [0.1, 0.15) is 35.5 Å². The van der Waals surface area contributed by atoms with Crippen molar-refractivity contribution in [2.75, 3.05) is 7.11 Å². The van der Waals surface area contributed by atoms with Crippen LogP contribution < -0.4 is 15.4 Å². The van der Waals surface area contributed by atoms with Gasteiger partial charge in [0.15, 0.2) is 17.2 Å². The van der Waals surface area contributed by atoms with Gasteiger partial charge in [0.1, 0.15) is 11.6 Å². The molecule has 2 amide bonds. The molecule has 33 heavy (non-hydrogen) atoms. The summed E-state index contributed by atoms with van der Waals surface area (Å²) in [5.74, 6) is -1.57. The van der Waals surface area contributed by atoms with Crippen LogP contribution in [-0.4, -0.2) is 46.2 Å². The van der Waals surface area contributed by atoms with Crippen molar-refractivity contribution in [1.82, 2.24) is 15.6 Å². The summed E-state index contributed by atoms with van der Waals surface area (Å²) in [7, 11) is 1.36. The van der Waals surface area contributed by atoms with Crippen LogP contribution in [0.15, 0.2) is 72.9 Å². The van der Waals surface area contributed by atoms with Crippen LogP contribution in [0.2, 0.25) is 0 Å². The third-order valence-corrected chi connectivity index (χ3v) is 5.48. The lowest BCUT2D eigenvalue weighted by Gasteiger charge is -2.36. The van der Waals surface area contributed by atoms with Crippen molar-refractivity contribution >= 4 is 11.8 Å². The van der Waals surface area contributed by atoms with E-state index >= 15 is 0 Å². The van der Waals surface area contributed by atoms with Crippen LogP contribution in [0.3, 0.4) is 0 Å². The number of nitrogens with zero attached hydrogens (tertiary/aromatic N) is 1. The number of hydrogen-bond acceptors (Lipinski definition) is 6. The second kappa shape index (κ2) is 10.1. The van der Waals surface area contributed by atoms with E-state index in [2.05, 4.69) is 15.6 Å². The SMILES string of the molecule is COc1ccnc(C(=O)N[C@@H](C)C(=O)N[C@@H](C)C(O)(c2ccccc2)c2ccccc2)c1O. The maximum atomic E-state index is 12.9. The van der Waals surface area contributed by atoms with Gasteiger partial charge in [-0.25, -0.2) is 4.98 Å². The fourth-order valence-corrected chi connectivity index (χ4v) is 3.59. The Labute approximate surface area is 192 Å². The van der Waals surface area contributed by atoms with Crippen molar-refractivity contribution in [1.29, 1.82) is 0 Å². The monoisotopic (exact) mass is 449 g/mol. The Morgan fingerprint density at radius 3 is 2.00 bits per heavy atom. The fraction of sp³-hybridized carbons (Fsp3) is 0.240. The molecule has 3 aromatic rings. The Kier molecular flexibility index (Phi) is 7.30. The second-order valence-corrected chi connectivity index (χ2v) is 7.63. The molecule has 0 spiro atoms. The lowest BCUT2D eigenvalue weighted by molar-refractivity contribution is -0.124. The zero-order valence-electron chi connectivity index (χ0n) is 18.6. The first-order valence-electron chi connectivity index (χ1n) is 10.5. The number of amides is 2. The number of carbonyl (C=O) groups excluding carboxylic acids is 2. The van der Waals surface area contributed by atoms with Crippen LogP contribution >= 0.6 is 0 Å². The molecule has 3 rings (SSSR count). The van der Waals surface area contributed by atoms with Crippen LogP contribution in [0.4, 0.5) is 0 Å². The van der Waals surface area contributed by atoms with Gasteiger partial charge in [-0.1, -0.05) is 60.7 Å². The molecular weight excluding hydrogens is 422 g/mol. The molecule has 0 aliphatic heterocycles. The predicted molar refractivity (Wildman–Crippen MR) is 123 cm³/mol. The molecule has 2 atom stereocenters. The third-order valence-electron chi connectivity index (χ3n) is 5.48. The largest absolute Gasteiger partial charge is 0.503 e. The first-order chi connectivity index (χ1) is 15.8. The standard InChI is InChI=1S/C25H27N3O5/c1-16(27-24(31)21-22(29)20(33-3)14-15-26-21)23(30)28-17(2)25(32,18-10-6-4-7-11-18)19-12-8-5-9-13-19/h4-17,29,32H,1-3H3,(H,27,31)(H,28,30)/t16-,17-/m0/s1. The molecule has 0 saturated heterocycles. The zero-order valence-corrected chi connectivity index (χ0v) is 18.6. The van der Waals surface area contributed by atoms with Gasteiger partial charge in [0, 0.05) is 12.3 Å². The van der Waals surface area contributed by atoms with E-state index in [0.29, 0.717) is 11.1 Å². The summed E-state index contributed by atoms with van der Waals surface area (Å²) in [5.41, 5.74) is -0.529. The highest BCUT2D eigenvalue weighted by Crippen LogP contribution is 2.33. The average molecular weight is 450 g/mol. The first kappa shape index (κ1) is 23.7. The Morgan fingerprint density at radius 1 is 0.939 bits per heavy atom. The molecule has 0 radical (unpaired) electrons. The van der Waals surface area contributed by atoms with E-state index in [9.17, 15) is 19.8 Å². The predicted octanol–water partition coefficient (Wildman–Crippen LogP) is 2.35. The molecule has 0 saturated carbocycles. The maximum Gasteiger partial charge on any atom is 0.274 e. The Balaban J connectivity index is 1.78. The highest BCUT2D eigenvalue weighted by Gasteiger charge is 2.39. The van der Waals surface area contributed by atoms with Gasteiger partial charge < -0.3 is 25.6 Å². The zero-order chi connectivity index (χ0) is 24.0. The van der Waals surface area contributed by atoms with Crippen molar-refractivity contribution in [3.63, 3.8) is 0 Å². The number of aromatic hydroxyl groups is 1. The Bertz CT molecular complexity index is 1070. The van der Waals surface area contributed by atoms with Crippen molar-refractivity contribution in [3.8, 4) is 11.5 Å². The van der Waals surface area contributed by atoms with Crippen LogP contribution in [-0.2, 0) is 10.4 Å².